The average Bonchev–Trinajstić information content (AvgIpc) is 2.96. The molecular formula is C19H19ClN4O2S. The van der Waals surface area contributed by atoms with Gasteiger partial charge >= 0.3 is 0 Å². The molecule has 6 nitrogen and oxygen atoms in total. The summed E-state index contributed by atoms with van der Waals surface area (Å²) in [7, 11) is 3.62. The van der Waals surface area contributed by atoms with Gasteiger partial charge in [0.05, 0.1) is 18.5 Å². The number of nitrogens with two attached hydrogens (primary N) is 1. The molecule has 3 N–H and O–H groups in total. The fraction of sp³-hybridized carbons (Fsp3) is 0.263. The number of thiophene rings is 1. The van der Waals surface area contributed by atoms with Crippen LogP contribution in [0.1, 0.15) is 20.9 Å². The van der Waals surface area contributed by atoms with Gasteiger partial charge in [-0.15, -0.1) is 11.3 Å². The summed E-state index contributed by atoms with van der Waals surface area (Å²) in [5.41, 5.74) is 9.52. The number of anilines is 2. The number of fused-ring (bicyclic) bond motifs is 2. The van der Waals surface area contributed by atoms with Gasteiger partial charge in [0.2, 0.25) is 0 Å². The molecule has 27 heavy (non-hydrogen) atoms. The van der Waals surface area contributed by atoms with Gasteiger partial charge in [0.15, 0.2) is 0 Å². The zero-order valence-electron chi connectivity index (χ0n) is 15.0. The molecule has 1 amide bonds. The van der Waals surface area contributed by atoms with Crippen molar-refractivity contribution >= 4 is 50.4 Å². The molecule has 3 heterocycles. The van der Waals surface area contributed by atoms with E-state index in [1.165, 1.54) is 24.0 Å². The zero-order valence-corrected chi connectivity index (χ0v) is 16.6. The first-order chi connectivity index (χ1) is 13.0. The van der Waals surface area contributed by atoms with Gasteiger partial charge in [0, 0.05) is 35.6 Å². The zero-order chi connectivity index (χ0) is 19.1. The van der Waals surface area contributed by atoms with Crippen molar-refractivity contribution in [1.82, 2.24) is 9.88 Å². The number of pyridine rings is 1. The second-order valence-corrected chi connectivity index (χ2v) is 8.01. The number of hydrogen-bond donors (Lipinski definition) is 2. The number of methoxy groups -OCH3 is 1. The lowest BCUT2D eigenvalue weighted by Gasteiger charge is -2.24. The van der Waals surface area contributed by atoms with Gasteiger partial charge in [-0.25, -0.2) is 4.98 Å². The Bertz CT molecular complexity index is 1050. The maximum Gasteiger partial charge on any atom is 0.268 e. The number of carbonyl (C=O) groups is 1. The van der Waals surface area contributed by atoms with Gasteiger partial charge < -0.3 is 20.7 Å². The van der Waals surface area contributed by atoms with E-state index in [9.17, 15) is 4.79 Å². The molecule has 3 aromatic rings. The largest absolute Gasteiger partial charge is 0.495 e. The van der Waals surface area contributed by atoms with Crippen LogP contribution in [-0.4, -0.2) is 36.5 Å². The van der Waals surface area contributed by atoms with Crippen molar-refractivity contribution in [3.63, 3.8) is 0 Å². The number of rotatable bonds is 3. The minimum Gasteiger partial charge on any atom is -0.495 e. The maximum absolute atomic E-state index is 12.8. The van der Waals surface area contributed by atoms with Crippen LogP contribution in [0.15, 0.2) is 24.3 Å². The normalized spacial score (nSPS) is 14.2. The summed E-state index contributed by atoms with van der Waals surface area (Å²) in [4.78, 5) is 21.1. The van der Waals surface area contributed by atoms with Crippen molar-refractivity contribution in [3.05, 3.63) is 45.4 Å². The number of amides is 1. The molecule has 0 fully saturated rings. The molecule has 0 radical (unpaired) electrons. The second-order valence-electron chi connectivity index (χ2n) is 6.58. The van der Waals surface area contributed by atoms with Crippen molar-refractivity contribution in [2.75, 3.05) is 31.8 Å². The third-order valence-electron chi connectivity index (χ3n) is 4.68. The van der Waals surface area contributed by atoms with E-state index in [0.29, 0.717) is 27.0 Å². The lowest BCUT2D eigenvalue weighted by Crippen LogP contribution is -2.27. The van der Waals surface area contributed by atoms with Gasteiger partial charge in [-0.1, -0.05) is 11.6 Å². The fourth-order valence-corrected chi connectivity index (χ4v) is 4.43. The Morgan fingerprint density at radius 3 is 3.00 bits per heavy atom. The number of aromatic nitrogens is 1. The van der Waals surface area contributed by atoms with Crippen molar-refractivity contribution in [1.29, 1.82) is 0 Å². The molecule has 140 valence electrons. The van der Waals surface area contributed by atoms with Gasteiger partial charge in [0.25, 0.3) is 5.91 Å². The van der Waals surface area contributed by atoms with Crippen molar-refractivity contribution in [2.45, 2.75) is 13.0 Å². The smallest absolute Gasteiger partial charge is 0.268 e. The lowest BCUT2D eigenvalue weighted by molar-refractivity contribution is 0.103. The monoisotopic (exact) mass is 402 g/mol. The molecule has 1 aromatic carbocycles. The minimum absolute atomic E-state index is 0.300. The molecule has 1 aliphatic heterocycles. The predicted molar refractivity (Wildman–Crippen MR) is 110 cm³/mol. The Hall–Kier alpha value is -2.35. The van der Waals surface area contributed by atoms with E-state index in [1.807, 2.05) is 0 Å². The number of nitrogens with zero attached hydrogens (tertiary/aromatic N) is 2. The van der Waals surface area contributed by atoms with Crippen molar-refractivity contribution in [2.24, 2.45) is 0 Å². The van der Waals surface area contributed by atoms with Gasteiger partial charge in [-0.3, -0.25) is 4.79 Å². The number of carbonyl (C=O) groups excluding carboxylic acids is 1. The molecule has 0 atom stereocenters. The highest BCUT2D eigenvalue weighted by atomic mass is 35.5. The van der Waals surface area contributed by atoms with Crippen LogP contribution in [0.3, 0.4) is 0 Å². The summed E-state index contributed by atoms with van der Waals surface area (Å²) in [6.45, 7) is 1.82. The van der Waals surface area contributed by atoms with E-state index in [2.05, 4.69) is 23.3 Å². The fourth-order valence-electron chi connectivity index (χ4n) is 3.26. The summed E-state index contributed by atoms with van der Waals surface area (Å²) in [5.74, 6) is 0.232. The average molecular weight is 403 g/mol. The molecule has 4 rings (SSSR count). The first-order valence-electron chi connectivity index (χ1n) is 8.50. The summed E-state index contributed by atoms with van der Waals surface area (Å²) >= 11 is 7.35. The molecule has 2 aromatic heterocycles. The second kappa shape index (κ2) is 6.99. The number of ether oxygens (including phenoxy) is 1. The van der Waals surface area contributed by atoms with Crippen LogP contribution in [-0.2, 0) is 13.0 Å². The first-order valence-corrected chi connectivity index (χ1v) is 9.70. The molecule has 1 aliphatic rings. The molecule has 0 saturated carbocycles. The van der Waals surface area contributed by atoms with E-state index in [0.717, 1.165) is 35.4 Å². The molecular weight excluding hydrogens is 384 g/mol. The highest BCUT2D eigenvalue weighted by molar-refractivity contribution is 7.21. The molecule has 0 saturated heterocycles. The first kappa shape index (κ1) is 18.0. The van der Waals surface area contributed by atoms with Crippen LogP contribution in [0.25, 0.3) is 10.2 Å². The van der Waals surface area contributed by atoms with Gasteiger partial charge in [-0.2, -0.15) is 0 Å². The SMILES string of the molecule is COc1ccc(Cl)cc1NC(=O)c1sc2nc3c(cc2c1N)CN(C)CC3. The lowest BCUT2D eigenvalue weighted by atomic mass is 10.0. The van der Waals surface area contributed by atoms with Crippen LogP contribution in [0.2, 0.25) is 5.02 Å². The Kier molecular flexibility index (Phi) is 4.67. The molecule has 0 spiro atoms. The van der Waals surface area contributed by atoms with Gasteiger partial charge in [-0.05, 0) is 36.9 Å². The van der Waals surface area contributed by atoms with Gasteiger partial charge in [0.1, 0.15) is 15.5 Å². The third-order valence-corrected chi connectivity index (χ3v) is 6.03. The number of nitrogens with one attached hydrogen (secondary N) is 1. The molecule has 8 heteroatoms. The van der Waals surface area contributed by atoms with E-state index in [1.54, 1.807) is 18.2 Å². The quantitative estimate of drug-likeness (QED) is 0.696. The third kappa shape index (κ3) is 3.34. The summed E-state index contributed by atoms with van der Waals surface area (Å²) in [5, 5.41) is 4.18. The van der Waals surface area contributed by atoms with E-state index < -0.39 is 0 Å². The minimum atomic E-state index is -0.300. The van der Waals surface area contributed by atoms with Crippen LogP contribution in [0.4, 0.5) is 11.4 Å². The molecule has 0 unspecified atom stereocenters. The number of halogens is 1. The van der Waals surface area contributed by atoms with Crippen LogP contribution < -0.4 is 15.8 Å². The summed E-state index contributed by atoms with van der Waals surface area (Å²) < 4.78 is 5.29. The summed E-state index contributed by atoms with van der Waals surface area (Å²) in [6, 6.07) is 7.12. The highest BCUT2D eigenvalue weighted by Gasteiger charge is 2.22. The van der Waals surface area contributed by atoms with Crippen LogP contribution >= 0.6 is 22.9 Å². The number of nitrogen functional groups attached to an aromatic ring is 1. The Balaban J connectivity index is 1.70. The number of benzene rings is 1. The number of likely N-dealkylation sites (N-methyl/N-ethyl adjacent to an activating group) is 1. The Labute approximate surface area is 165 Å². The van der Waals surface area contributed by atoms with E-state index in [-0.39, 0.29) is 5.91 Å². The highest BCUT2D eigenvalue weighted by Crippen LogP contribution is 2.36. The predicted octanol–water partition coefficient (Wildman–Crippen LogP) is 3.78. The Morgan fingerprint density at radius 2 is 2.22 bits per heavy atom. The molecule has 0 aliphatic carbocycles. The van der Waals surface area contributed by atoms with Crippen LogP contribution in [0, 0.1) is 0 Å². The van der Waals surface area contributed by atoms with Crippen molar-refractivity contribution < 1.29 is 9.53 Å². The summed E-state index contributed by atoms with van der Waals surface area (Å²) in [6.07, 6.45) is 0.904. The molecule has 0 bridgehead atoms. The maximum atomic E-state index is 12.8. The van der Waals surface area contributed by atoms with Crippen molar-refractivity contribution in [3.8, 4) is 5.75 Å². The van der Waals surface area contributed by atoms with Crippen LogP contribution in [0.5, 0.6) is 5.75 Å². The topological polar surface area (TPSA) is 80.5 Å². The van der Waals surface area contributed by atoms with E-state index >= 15 is 0 Å². The Morgan fingerprint density at radius 1 is 1.41 bits per heavy atom. The number of hydrogen-bond acceptors (Lipinski definition) is 6. The van der Waals surface area contributed by atoms with E-state index in [4.69, 9.17) is 27.1 Å². The standard InChI is InChI=1S/C19H19ClN4O2S/c1-24-6-5-13-10(9-24)7-12-16(21)17(27-19(12)23-13)18(25)22-14-8-11(20)3-4-15(14)26-2/h3-4,7-8H,5-6,9,21H2,1-2H3,(H,22,25).